The van der Waals surface area contributed by atoms with Gasteiger partial charge < -0.3 is 9.84 Å². The van der Waals surface area contributed by atoms with Crippen molar-refractivity contribution in [2.75, 3.05) is 20.2 Å². The number of rotatable bonds is 4. The zero-order chi connectivity index (χ0) is 13.0. The molecule has 0 bridgehead atoms. The predicted molar refractivity (Wildman–Crippen MR) is 67.2 cm³/mol. The summed E-state index contributed by atoms with van der Waals surface area (Å²) in [5, 5.41) is 13.3. The average Bonchev–Trinajstić information content (AvgIpc) is 2.71. The van der Waals surface area contributed by atoms with Crippen LogP contribution in [0.5, 0.6) is 5.75 Å². The Balaban J connectivity index is 1.96. The first kappa shape index (κ1) is 12.7. The second kappa shape index (κ2) is 5.73. The lowest BCUT2D eigenvalue weighted by Crippen LogP contribution is -2.21. The van der Waals surface area contributed by atoms with Gasteiger partial charge in [-0.1, -0.05) is 17.2 Å². The number of azide groups is 1. The number of benzene rings is 1. The molecule has 1 aliphatic heterocycles. The first-order valence-corrected chi connectivity index (χ1v) is 5.80. The maximum Gasteiger partial charge on any atom is 0.118 e. The number of aliphatic hydroxyl groups is 1. The lowest BCUT2D eigenvalue weighted by atomic mass is 10.2. The summed E-state index contributed by atoms with van der Waals surface area (Å²) in [6, 6.07) is 7.46. The van der Waals surface area contributed by atoms with E-state index in [1.54, 1.807) is 7.11 Å². The number of aliphatic hydroxyl groups excluding tert-OH is 1. The molecule has 96 valence electrons. The van der Waals surface area contributed by atoms with Crippen LogP contribution in [0.4, 0.5) is 0 Å². The van der Waals surface area contributed by atoms with Crippen molar-refractivity contribution in [2.45, 2.75) is 18.7 Å². The summed E-state index contributed by atoms with van der Waals surface area (Å²) < 4.78 is 5.10. The molecule has 1 fully saturated rings. The average molecular weight is 248 g/mol. The summed E-state index contributed by atoms with van der Waals surface area (Å²) >= 11 is 0. The van der Waals surface area contributed by atoms with E-state index in [1.807, 2.05) is 24.3 Å². The normalized spacial score (nSPS) is 23.7. The van der Waals surface area contributed by atoms with Gasteiger partial charge >= 0.3 is 0 Å². The number of hydrogen-bond acceptors (Lipinski definition) is 4. The molecule has 2 unspecified atom stereocenters. The summed E-state index contributed by atoms with van der Waals surface area (Å²) in [6.07, 6.45) is -0.570. The lowest BCUT2D eigenvalue weighted by Gasteiger charge is -2.15. The van der Waals surface area contributed by atoms with Crippen molar-refractivity contribution in [1.82, 2.24) is 4.90 Å². The van der Waals surface area contributed by atoms with Crippen LogP contribution in [-0.4, -0.2) is 42.4 Å². The molecule has 2 rings (SSSR count). The van der Waals surface area contributed by atoms with E-state index in [4.69, 9.17) is 10.3 Å². The van der Waals surface area contributed by atoms with Gasteiger partial charge in [0.15, 0.2) is 0 Å². The molecular formula is C12H16N4O2. The van der Waals surface area contributed by atoms with Gasteiger partial charge in [0.05, 0.1) is 19.3 Å². The van der Waals surface area contributed by atoms with Gasteiger partial charge in [-0.2, -0.15) is 0 Å². The van der Waals surface area contributed by atoms with E-state index in [-0.39, 0.29) is 6.04 Å². The van der Waals surface area contributed by atoms with Crippen molar-refractivity contribution < 1.29 is 9.84 Å². The van der Waals surface area contributed by atoms with E-state index >= 15 is 0 Å². The number of methoxy groups -OCH3 is 1. The van der Waals surface area contributed by atoms with Crippen molar-refractivity contribution in [3.63, 3.8) is 0 Å². The zero-order valence-electron chi connectivity index (χ0n) is 10.2. The van der Waals surface area contributed by atoms with Crippen molar-refractivity contribution >= 4 is 0 Å². The summed E-state index contributed by atoms with van der Waals surface area (Å²) in [5.74, 6) is 0.826. The van der Waals surface area contributed by atoms with Crippen LogP contribution in [0.2, 0.25) is 0 Å². The zero-order valence-corrected chi connectivity index (χ0v) is 10.2. The van der Waals surface area contributed by atoms with Crippen LogP contribution in [0.1, 0.15) is 5.56 Å². The number of hydrogen-bond donors (Lipinski definition) is 1. The SMILES string of the molecule is COc1ccc(CN2CC(O)C(N=[N+]=[N-])C2)cc1. The van der Waals surface area contributed by atoms with E-state index in [1.165, 1.54) is 0 Å². The van der Waals surface area contributed by atoms with E-state index in [0.717, 1.165) is 17.9 Å². The van der Waals surface area contributed by atoms with Crippen molar-refractivity contribution in [2.24, 2.45) is 5.11 Å². The van der Waals surface area contributed by atoms with Gasteiger partial charge in [-0.3, -0.25) is 4.90 Å². The molecular weight excluding hydrogens is 232 g/mol. The molecule has 0 amide bonds. The predicted octanol–water partition coefficient (Wildman–Crippen LogP) is 1.55. The highest BCUT2D eigenvalue weighted by atomic mass is 16.5. The molecule has 6 nitrogen and oxygen atoms in total. The Labute approximate surface area is 105 Å². The van der Waals surface area contributed by atoms with Crippen LogP contribution in [0.3, 0.4) is 0 Å². The third kappa shape index (κ3) is 2.92. The fourth-order valence-electron chi connectivity index (χ4n) is 2.15. The van der Waals surface area contributed by atoms with Crippen LogP contribution >= 0.6 is 0 Å². The minimum atomic E-state index is -0.570. The topological polar surface area (TPSA) is 81.5 Å². The first-order valence-electron chi connectivity index (χ1n) is 5.80. The monoisotopic (exact) mass is 248 g/mol. The molecule has 0 radical (unpaired) electrons. The highest BCUT2D eigenvalue weighted by Crippen LogP contribution is 2.18. The molecule has 0 aliphatic carbocycles. The van der Waals surface area contributed by atoms with Gasteiger partial charge in [-0.15, -0.1) is 0 Å². The Morgan fingerprint density at radius 2 is 2.17 bits per heavy atom. The maximum absolute atomic E-state index is 9.72. The van der Waals surface area contributed by atoms with Gasteiger partial charge in [0.2, 0.25) is 0 Å². The molecule has 1 N–H and O–H groups in total. The highest BCUT2D eigenvalue weighted by Gasteiger charge is 2.30. The summed E-state index contributed by atoms with van der Waals surface area (Å²) in [7, 11) is 1.64. The van der Waals surface area contributed by atoms with Gasteiger partial charge in [0.25, 0.3) is 0 Å². The second-order valence-corrected chi connectivity index (χ2v) is 4.38. The Morgan fingerprint density at radius 3 is 2.78 bits per heavy atom. The smallest absolute Gasteiger partial charge is 0.118 e. The van der Waals surface area contributed by atoms with E-state index in [2.05, 4.69) is 14.9 Å². The number of nitrogens with zero attached hydrogens (tertiary/aromatic N) is 4. The molecule has 18 heavy (non-hydrogen) atoms. The van der Waals surface area contributed by atoms with Crippen LogP contribution in [0, 0.1) is 0 Å². The quantitative estimate of drug-likeness (QED) is 0.498. The van der Waals surface area contributed by atoms with Gasteiger partial charge in [0.1, 0.15) is 5.75 Å². The first-order chi connectivity index (χ1) is 8.72. The Morgan fingerprint density at radius 1 is 1.44 bits per heavy atom. The Bertz CT molecular complexity index is 442. The molecule has 6 heteroatoms. The van der Waals surface area contributed by atoms with E-state index < -0.39 is 6.10 Å². The van der Waals surface area contributed by atoms with E-state index in [9.17, 15) is 5.11 Å². The van der Waals surface area contributed by atoms with Gasteiger partial charge in [-0.25, -0.2) is 0 Å². The van der Waals surface area contributed by atoms with Crippen molar-refractivity contribution in [1.29, 1.82) is 0 Å². The van der Waals surface area contributed by atoms with Crippen LogP contribution in [0.25, 0.3) is 10.4 Å². The third-order valence-corrected chi connectivity index (χ3v) is 3.10. The summed E-state index contributed by atoms with van der Waals surface area (Å²) in [4.78, 5) is 4.83. The van der Waals surface area contributed by atoms with Crippen molar-refractivity contribution in [3.05, 3.63) is 40.3 Å². The third-order valence-electron chi connectivity index (χ3n) is 3.10. The van der Waals surface area contributed by atoms with Gasteiger partial charge in [-0.05, 0) is 23.2 Å². The standard InChI is InChI=1S/C12H16N4O2/c1-18-10-4-2-9(3-5-10)6-16-7-11(14-15-13)12(17)8-16/h2-5,11-12,17H,6-8H2,1H3. The molecule has 2 atom stereocenters. The second-order valence-electron chi connectivity index (χ2n) is 4.38. The molecule has 1 heterocycles. The molecule has 1 aromatic carbocycles. The molecule has 1 aromatic rings. The fraction of sp³-hybridized carbons (Fsp3) is 0.500. The molecule has 0 aromatic heterocycles. The minimum Gasteiger partial charge on any atom is -0.497 e. The summed E-state index contributed by atoms with van der Waals surface area (Å²) in [5.41, 5.74) is 9.54. The van der Waals surface area contributed by atoms with Crippen LogP contribution in [-0.2, 0) is 6.54 Å². The van der Waals surface area contributed by atoms with Crippen molar-refractivity contribution in [3.8, 4) is 5.75 Å². The summed E-state index contributed by atoms with van der Waals surface area (Å²) in [6.45, 7) is 1.87. The van der Waals surface area contributed by atoms with Crippen LogP contribution in [0.15, 0.2) is 29.4 Å². The molecule has 0 spiro atoms. The highest BCUT2D eigenvalue weighted by molar-refractivity contribution is 5.27. The molecule has 1 aliphatic rings. The Hall–Kier alpha value is -1.75. The Kier molecular flexibility index (Phi) is 4.04. The minimum absolute atomic E-state index is 0.340. The van der Waals surface area contributed by atoms with Gasteiger partial charge in [0, 0.05) is 24.5 Å². The van der Waals surface area contributed by atoms with E-state index in [0.29, 0.717) is 13.1 Å². The lowest BCUT2D eigenvalue weighted by molar-refractivity contribution is 0.164. The maximum atomic E-state index is 9.72. The largest absolute Gasteiger partial charge is 0.497 e. The number of ether oxygens (including phenoxy) is 1. The number of likely N-dealkylation sites (tertiary alicyclic amines) is 1. The van der Waals surface area contributed by atoms with Crippen LogP contribution < -0.4 is 4.74 Å². The number of β-amino-alcohol motifs (C(OH)–C–C–N with tert-alkyl or cyclic N) is 1. The molecule has 1 saturated heterocycles. The fourth-order valence-corrected chi connectivity index (χ4v) is 2.15. The molecule has 0 saturated carbocycles.